The highest BCUT2D eigenvalue weighted by Crippen LogP contribution is 2.14. The fraction of sp³-hybridized carbons (Fsp3) is 1.00. The van der Waals surface area contributed by atoms with E-state index in [0.29, 0.717) is 6.42 Å². The van der Waals surface area contributed by atoms with E-state index in [2.05, 4.69) is 13.8 Å². The Balaban J connectivity index is 3.18. The van der Waals surface area contributed by atoms with Crippen molar-refractivity contribution in [1.82, 2.24) is 0 Å². The number of hydrogen-bond donors (Lipinski definition) is 3. The monoisotopic (exact) mass is 302 g/mol. The first kappa shape index (κ1) is 20.9. The van der Waals surface area contributed by atoms with Gasteiger partial charge in [0.1, 0.15) is 0 Å². The van der Waals surface area contributed by atoms with Crippen LogP contribution in [0.15, 0.2) is 0 Å². The van der Waals surface area contributed by atoms with Crippen LogP contribution >= 0.6 is 0 Å². The lowest BCUT2D eigenvalue weighted by Crippen LogP contribution is -2.26. The van der Waals surface area contributed by atoms with E-state index in [0.717, 1.165) is 18.8 Å². The molecule has 0 heterocycles. The van der Waals surface area contributed by atoms with Crippen molar-refractivity contribution in [1.29, 1.82) is 0 Å². The molecule has 0 aromatic heterocycles. The van der Waals surface area contributed by atoms with E-state index in [1.165, 1.54) is 51.4 Å². The molecule has 0 aliphatic carbocycles. The van der Waals surface area contributed by atoms with Crippen LogP contribution in [0.1, 0.15) is 90.9 Å². The topological polar surface area (TPSA) is 60.7 Å². The average molecular weight is 302 g/mol. The highest BCUT2D eigenvalue weighted by molar-refractivity contribution is 4.66. The minimum absolute atomic E-state index is 0.0601. The quantitative estimate of drug-likeness (QED) is 0.400. The van der Waals surface area contributed by atoms with Crippen molar-refractivity contribution in [2.75, 3.05) is 6.61 Å². The number of rotatable bonds is 15. The van der Waals surface area contributed by atoms with Gasteiger partial charge in [-0.15, -0.1) is 0 Å². The molecule has 3 nitrogen and oxygen atoms in total. The van der Waals surface area contributed by atoms with Crippen molar-refractivity contribution in [3.8, 4) is 0 Å². The van der Waals surface area contributed by atoms with E-state index in [1.54, 1.807) is 0 Å². The predicted octanol–water partition coefficient (Wildman–Crippen LogP) is 4.04. The van der Waals surface area contributed by atoms with Crippen LogP contribution in [0.3, 0.4) is 0 Å². The van der Waals surface area contributed by atoms with Crippen LogP contribution in [0.2, 0.25) is 0 Å². The van der Waals surface area contributed by atoms with Crippen molar-refractivity contribution in [2.45, 2.75) is 103 Å². The fourth-order valence-electron chi connectivity index (χ4n) is 2.66. The molecule has 0 rings (SSSR count). The molecule has 128 valence electrons. The lowest BCUT2D eigenvalue weighted by Gasteiger charge is -2.16. The van der Waals surface area contributed by atoms with E-state index in [1.807, 2.05) is 0 Å². The van der Waals surface area contributed by atoms with Crippen molar-refractivity contribution in [2.24, 2.45) is 5.92 Å². The van der Waals surface area contributed by atoms with Crippen LogP contribution in [-0.4, -0.2) is 34.1 Å². The Labute approximate surface area is 131 Å². The average Bonchev–Trinajstić information content (AvgIpc) is 2.44. The van der Waals surface area contributed by atoms with Crippen molar-refractivity contribution in [3.63, 3.8) is 0 Å². The van der Waals surface area contributed by atoms with Crippen LogP contribution in [0.5, 0.6) is 0 Å². The van der Waals surface area contributed by atoms with Gasteiger partial charge >= 0.3 is 0 Å². The molecule has 0 amide bonds. The fourth-order valence-corrected chi connectivity index (χ4v) is 2.66. The summed E-state index contributed by atoms with van der Waals surface area (Å²) in [6.45, 7) is 4.52. The Morgan fingerprint density at radius 3 is 1.38 bits per heavy atom. The lowest BCUT2D eigenvalue weighted by molar-refractivity contribution is -0.000105. The van der Waals surface area contributed by atoms with Gasteiger partial charge in [0.05, 0.1) is 12.2 Å². The Kier molecular flexibility index (Phi) is 14.7. The molecule has 0 bridgehead atoms. The van der Waals surface area contributed by atoms with Gasteiger partial charge in [-0.3, -0.25) is 0 Å². The molecule has 3 heteroatoms. The van der Waals surface area contributed by atoms with Gasteiger partial charge in [0.15, 0.2) is 0 Å². The first-order valence-corrected chi connectivity index (χ1v) is 9.05. The van der Waals surface area contributed by atoms with Crippen LogP contribution in [0.4, 0.5) is 0 Å². The molecule has 0 aromatic rings. The van der Waals surface area contributed by atoms with E-state index in [9.17, 15) is 10.2 Å². The van der Waals surface area contributed by atoms with Gasteiger partial charge in [-0.05, 0) is 18.8 Å². The third kappa shape index (κ3) is 14.6. The second-order valence-corrected chi connectivity index (χ2v) is 6.80. The summed E-state index contributed by atoms with van der Waals surface area (Å²) in [5, 5.41) is 27.8. The smallest absolute Gasteiger partial charge is 0.0820 e. The summed E-state index contributed by atoms with van der Waals surface area (Å²) < 4.78 is 0. The summed E-state index contributed by atoms with van der Waals surface area (Å²) in [7, 11) is 0. The number of aliphatic hydroxyl groups excluding tert-OH is 3. The van der Waals surface area contributed by atoms with Gasteiger partial charge in [-0.25, -0.2) is 0 Å². The Morgan fingerprint density at radius 1 is 0.571 bits per heavy atom. The minimum atomic E-state index is -0.763. The van der Waals surface area contributed by atoms with Crippen molar-refractivity contribution >= 4 is 0 Å². The zero-order valence-electron chi connectivity index (χ0n) is 14.3. The van der Waals surface area contributed by atoms with E-state index < -0.39 is 12.2 Å². The molecule has 0 saturated heterocycles. The maximum Gasteiger partial charge on any atom is 0.0820 e. The summed E-state index contributed by atoms with van der Waals surface area (Å²) in [4.78, 5) is 0. The molecule has 2 atom stereocenters. The molecule has 0 saturated carbocycles. The predicted molar refractivity (Wildman–Crippen MR) is 89.3 cm³/mol. The van der Waals surface area contributed by atoms with Crippen molar-refractivity contribution in [3.05, 3.63) is 0 Å². The summed E-state index contributed by atoms with van der Waals surface area (Å²) in [6, 6.07) is 0. The normalized spacial score (nSPS) is 14.6. The van der Waals surface area contributed by atoms with Gasteiger partial charge < -0.3 is 15.3 Å². The molecule has 0 radical (unpaired) electrons. The molecule has 0 aliphatic rings. The molecule has 0 spiro atoms. The van der Waals surface area contributed by atoms with Gasteiger partial charge in [0, 0.05) is 6.61 Å². The maximum atomic E-state index is 9.65. The van der Waals surface area contributed by atoms with E-state index >= 15 is 0 Å². The molecule has 0 aliphatic heterocycles. The standard InChI is InChI=1S/C18H38O3/c1-16(2)12-10-8-6-4-3-5-7-9-11-13-17(20)18(21)14-15-19/h16-21H,3-15H2,1-2H3. The second-order valence-electron chi connectivity index (χ2n) is 6.80. The Morgan fingerprint density at radius 2 is 0.952 bits per heavy atom. The third-order valence-electron chi connectivity index (χ3n) is 4.15. The van der Waals surface area contributed by atoms with Gasteiger partial charge in [0.2, 0.25) is 0 Å². The minimum Gasteiger partial charge on any atom is -0.396 e. The van der Waals surface area contributed by atoms with Crippen LogP contribution < -0.4 is 0 Å². The first-order valence-electron chi connectivity index (χ1n) is 9.05. The summed E-state index contributed by atoms with van der Waals surface area (Å²) in [5.74, 6) is 0.844. The lowest BCUT2D eigenvalue weighted by atomic mass is 10.0. The highest BCUT2D eigenvalue weighted by atomic mass is 16.3. The summed E-state index contributed by atoms with van der Waals surface area (Å²) in [6.07, 6.45) is 12.3. The van der Waals surface area contributed by atoms with Gasteiger partial charge in [0.25, 0.3) is 0 Å². The molecule has 3 N–H and O–H groups in total. The number of hydrogen-bond acceptors (Lipinski definition) is 3. The Hall–Kier alpha value is -0.120. The SMILES string of the molecule is CC(C)CCCCCCCCCCCC(O)C(O)CCO. The molecule has 21 heavy (non-hydrogen) atoms. The van der Waals surface area contributed by atoms with Gasteiger partial charge in [-0.1, -0.05) is 78.1 Å². The van der Waals surface area contributed by atoms with Crippen LogP contribution in [0.25, 0.3) is 0 Å². The molecular weight excluding hydrogens is 264 g/mol. The third-order valence-corrected chi connectivity index (χ3v) is 4.15. The summed E-state index contributed by atoms with van der Waals surface area (Å²) in [5.41, 5.74) is 0. The summed E-state index contributed by atoms with van der Waals surface area (Å²) >= 11 is 0. The number of unbranched alkanes of at least 4 members (excludes halogenated alkanes) is 8. The molecule has 0 fully saturated rings. The molecule has 2 unspecified atom stereocenters. The molecular formula is C18H38O3. The van der Waals surface area contributed by atoms with Crippen LogP contribution in [0, 0.1) is 5.92 Å². The largest absolute Gasteiger partial charge is 0.396 e. The molecule has 0 aromatic carbocycles. The van der Waals surface area contributed by atoms with Crippen LogP contribution in [-0.2, 0) is 0 Å². The second kappa shape index (κ2) is 14.8. The first-order chi connectivity index (χ1) is 10.1. The van der Waals surface area contributed by atoms with E-state index in [-0.39, 0.29) is 13.0 Å². The zero-order valence-corrected chi connectivity index (χ0v) is 14.3. The maximum absolute atomic E-state index is 9.65. The van der Waals surface area contributed by atoms with Crippen molar-refractivity contribution < 1.29 is 15.3 Å². The van der Waals surface area contributed by atoms with Gasteiger partial charge in [-0.2, -0.15) is 0 Å². The Bertz CT molecular complexity index is 207. The van der Waals surface area contributed by atoms with E-state index in [4.69, 9.17) is 5.11 Å². The highest BCUT2D eigenvalue weighted by Gasteiger charge is 2.14. The zero-order chi connectivity index (χ0) is 15.9. The number of aliphatic hydroxyl groups is 3.